The lowest BCUT2D eigenvalue weighted by molar-refractivity contribution is -0.138. The first-order valence-corrected chi connectivity index (χ1v) is 6.96. The summed E-state index contributed by atoms with van der Waals surface area (Å²) in [5, 5.41) is 8.76. The molecule has 0 fully saturated rings. The van der Waals surface area contributed by atoms with Crippen molar-refractivity contribution in [3.63, 3.8) is 0 Å². The van der Waals surface area contributed by atoms with Gasteiger partial charge in [-0.3, -0.25) is 9.59 Å². The summed E-state index contributed by atoms with van der Waals surface area (Å²) in [6.07, 6.45) is 0.799. The second kappa shape index (κ2) is 5.27. The van der Waals surface area contributed by atoms with Crippen molar-refractivity contribution in [2.75, 3.05) is 4.90 Å². The number of amides is 1. The van der Waals surface area contributed by atoms with Gasteiger partial charge in [0, 0.05) is 17.6 Å². The fraction of sp³-hybridized carbons (Fsp3) is 0.500. The lowest BCUT2D eigenvalue weighted by Gasteiger charge is -2.46. The van der Waals surface area contributed by atoms with E-state index in [9.17, 15) is 9.59 Å². The molecule has 4 heteroatoms. The Morgan fingerprint density at radius 3 is 2.60 bits per heavy atom. The van der Waals surface area contributed by atoms with Crippen molar-refractivity contribution in [3.8, 4) is 0 Å². The van der Waals surface area contributed by atoms with E-state index in [1.807, 2.05) is 38.1 Å². The van der Waals surface area contributed by atoms with Gasteiger partial charge in [-0.25, -0.2) is 0 Å². The van der Waals surface area contributed by atoms with Gasteiger partial charge in [-0.1, -0.05) is 25.1 Å². The number of benzene rings is 1. The van der Waals surface area contributed by atoms with E-state index in [1.54, 1.807) is 4.90 Å². The monoisotopic (exact) mass is 275 g/mol. The van der Waals surface area contributed by atoms with E-state index in [0.29, 0.717) is 5.92 Å². The van der Waals surface area contributed by atoms with Crippen LogP contribution in [-0.2, 0) is 9.59 Å². The van der Waals surface area contributed by atoms with Crippen molar-refractivity contribution in [1.82, 2.24) is 0 Å². The largest absolute Gasteiger partial charge is 0.481 e. The van der Waals surface area contributed by atoms with Crippen molar-refractivity contribution in [3.05, 3.63) is 29.8 Å². The van der Waals surface area contributed by atoms with Gasteiger partial charge in [0.2, 0.25) is 5.91 Å². The minimum absolute atomic E-state index is 0.0431. The van der Waals surface area contributed by atoms with Gasteiger partial charge in [-0.15, -0.1) is 0 Å². The Kier molecular flexibility index (Phi) is 3.84. The first-order chi connectivity index (χ1) is 9.33. The number of carbonyl (C=O) groups excluding carboxylic acids is 1. The minimum atomic E-state index is -0.935. The number of carboxylic acid groups (broad SMARTS) is 1. The molecule has 1 heterocycles. The normalized spacial score (nSPS) is 20.4. The van der Waals surface area contributed by atoms with Crippen LogP contribution in [0.4, 0.5) is 5.69 Å². The van der Waals surface area contributed by atoms with Gasteiger partial charge in [0.05, 0.1) is 6.42 Å². The van der Waals surface area contributed by atoms with Crippen molar-refractivity contribution in [1.29, 1.82) is 0 Å². The number of rotatable bonds is 3. The Labute approximate surface area is 119 Å². The maximum atomic E-state index is 12.5. The fourth-order valence-electron chi connectivity index (χ4n) is 3.18. The molecular weight excluding hydrogens is 254 g/mol. The van der Waals surface area contributed by atoms with Crippen LogP contribution in [0, 0.1) is 0 Å². The van der Waals surface area contributed by atoms with Crippen LogP contribution >= 0.6 is 0 Å². The molecule has 1 aliphatic rings. The lowest BCUT2D eigenvalue weighted by atomic mass is 9.80. The summed E-state index contributed by atoms with van der Waals surface area (Å²) in [5.41, 5.74) is 1.80. The van der Waals surface area contributed by atoms with Gasteiger partial charge in [-0.2, -0.15) is 0 Å². The molecule has 1 N–H and O–H groups in total. The lowest BCUT2D eigenvalue weighted by Crippen LogP contribution is -2.51. The number of nitrogens with zero attached hydrogens (tertiary/aromatic N) is 1. The molecule has 1 amide bonds. The molecule has 1 atom stereocenters. The zero-order valence-electron chi connectivity index (χ0n) is 12.2. The maximum Gasteiger partial charge on any atom is 0.303 e. The number of hydrogen-bond donors (Lipinski definition) is 1. The van der Waals surface area contributed by atoms with Crippen molar-refractivity contribution in [2.45, 2.75) is 51.5 Å². The zero-order valence-corrected chi connectivity index (χ0v) is 12.2. The standard InChI is InChI=1S/C16H21NO3/c1-11-10-16(2,3)17(14(18)8-9-15(19)20)13-7-5-4-6-12(11)13/h4-7,11H,8-10H2,1-3H3,(H,19,20). The van der Waals surface area contributed by atoms with Crippen molar-refractivity contribution < 1.29 is 14.7 Å². The third-order valence-electron chi connectivity index (χ3n) is 3.92. The van der Waals surface area contributed by atoms with Gasteiger partial charge in [0.15, 0.2) is 0 Å². The molecule has 20 heavy (non-hydrogen) atoms. The highest BCUT2D eigenvalue weighted by Gasteiger charge is 2.39. The van der Waals surface area contributed by atoms with Crippen LogP contribution in [0.25, 0.3) is 0 Å². The summed E-state index contributed by atoms with van der Waals surface area (Å²) in [4.78, 5) is 24.9. The summed E-state index contributed by atoms with van der Waals surface area (Å²) >= 11 is 0. The highest BCUT2D eigenvalue weighted by molar-refractivity contribution is 5.97. The highest BCUT2D eigenvalue weighted by atomic mass is 16.4. The highest BCUT2D eigenvalue weighted by Crippen LogP contribution is 2.43. The van der Waals surface area contributed by atoms with Crippen LogP contribution in [0.2, 0.25) is 0 Å². The molecule has 0 bridgehead atoms. The summed E-state index contributed by atoms with van der Waals surface area (Å²) in [5.74, 6) is -0.656. The maximum absolute atomic E-state index is 12.5. The Morgan fingerprint density at radius 1 is 1.30 bits per heavy atom. The fourth-order valence-corrected chi connectivity index (χ4v) is 3.18. The van der Waals surface area contributed by atoms with Crippen molar-refractivity contribution >= 4 is 17.6 Å². The average Bonchev–Trinajstić information content (AvgIpc) is 2.35. The molecule has 2 rings (SSSR count). The molecule has 1 aromatic rings. The van der Waals surface area contributed by atoms with E-state index in [4.69, 9.17) is 5.11 Å². The van der Waals surface area contributed by atoms with Crippen LogP contribution in [0.5, 0.6) is 0 Å². The third-order valence-corrected chi connectivity index (χ3v) is 3.92. The molecule has 0 radical (unpaired) electrons. The number of anilines is 1. The Balaban J connectivity index is 2.36. The van der Waals surface area contributed by atoms with Crippen molar-refractivity contribution in [2.24, 2.45) is 0 Å². The van der Waals surface area contributed by atoms with Crippen LogP contribution in [-0.4, -0.2) is 22.5 Å². The van der Waals surface area contributed by atoms with Gasteiger partial charge < -0.3 is 10.0 Å². The Bertz CT molecular complexity index is 536. The molecule has 0 spiro atoms. The topological polar surface area (TPSA) is 57.6 Å². The smallest absolute Gasteiger partial charge is 0.303 e. The SMILES string of the molecule is CC1CC(C)(C)N(C(=O)CCC(=O)O)c2ccccc21. The number of hydrogen-bond acceptors (Lipinski definition) is 2. The van der Waals surface area contributed by atoms with Crippen LogP contribution in [0.15, 0.2) is 24.3 Å². The van der Waals surface area contributed by atoms with Crippen LogP contribution in [0.1, 0.15) is 51.5 Å². The van der Waals surface area contributed by atoms with E-state index in [-0.39, 0.29) is 24.3 Å². The molecule has 1 aromatic carbocycles. The number of aliphatic carboxylic acids is 1. The minimum Gasteiger partial charge on any atom is -0.481 e. The molecular formula is C16H21NO3. The zero-order chi connectivity index (χ0) is 14.9. The van der Waals surface area contributed by atoms with E-state index in [1.165, 1.54) is 0 Å². The predicted molar refractivity (Wildman–Crippen MR) is 77.9 cm³/mol. The van der Waals surface area contributed by atoms with Crippen LogP contribution in [0.3, 0.4) is 0 Å². The third kappa shape index (κ3) is 2.69. The summed E-state index contributed by atoms with van der Waals surface area (Å²) in [6, 6.07) is 7.90. The first kappa shape index (κ1) is 14.6. The number of para-hydroxylation sites is 1. The Hall–Kier alpha value is -1.84. The molecule has 1 aliphatic heterocycles. The number of carbonyl (C=O) groups is 2. The second-order valence-electron chi connectivity index (χ2n) is 6.10. The second-order valence-corrected chi connectivity index (χ2v) is 6.10. The van der Waals surface area contributed by atoms with E-state index in [2.05, 4.69) is 6.92 Å². The summed E-state index contributed by atoms with van der Waals surface area (Å²) < 4.78 is 0. The first-order valence-electron chi connectivity index (χ1n) is 6.96. The average molecular weight is 275 g/mol. The number of carboxylic acids is 1. The quantitative estimate of drug-likeness (QED) is 0.921. The van der Waals surface area contributed by atoms with E-state index < -0.39 is 5.97 Å². The van der Waals surface area contributed by atoms with E-state index in [0.717, 1.165) is 17.7 Å². The molecule has 0 aliphatic carbocycles. The van der Waals surface area contributed by atoms with Gasteiger partial charge in [0.1, 0.15) is 0 Å². The molecule has 0 saturated heterocycles. The summed E-state index contributed by atoms with van der Waals surface area (Å²) in [7, 11) is 0. The van der Waals surface area contributed by atoms with Crippen LogP contribution < -0.4 is 4.90 Å². The van der Waals surface area contributed by atoms with E-state index >= 15 is 0 Å². The Morgan fingerprint density at radius 2 is 1.95 bits per heavy atom. The van der Waals surface area contributed by atoms with Gasteiger partial charge in [-0.05, 0) is 37.8 Å². The van der Waals surface area contributed by atoms with Gasteiger partial charge >= 0.3 is 5.97 Å². The molecule has 0 saturated carbocycles. The predicted octanol–water partition coefficient (Wildman–Crippen LogP) is 3.17. The summed E-state index contributed by atoms with van der Waals surface area (Å²) in [6.45, 7) is 6.25. The molecule has 108 valence electrons. The molecule has 1 unspecified atom stereocenters. The molecule has 4 nitrogen and oxygen atoms in total. The molecule has 0 aromatic heterocycles. The van der Waals surface area contributed by atoms with Gasteiger partial charge in [0.25, 0.3) is 0 Å². The number of fused-ring (bicyclic) bond motifs is 1.